The number of hydrogen-bond acceptors (Lipinski definition) is 3. The second-order valence-electron chi connectivity index (χ2n) is 4.86. The molecule has 2 aromatic rings. The fourth-order valence-corrected chi connectivity index (χ4v) is 1.84. The van der Waals surface area contributed by atoms with E-state index >= 15 is 0 Å². The van der Waals surface area contributed by atoms with Crippen LogP contribution in [0.2, 0.25) is 0 Å². The fraction of sp³-hybridized carbons (Fsp3) is 0.235. The molecule has 0 aliphatic rings. The van der Waals surface area contributed by atoms with Gasteiger partial charge in [0.2, 0.25) is 0 Å². The van der Waals surface area contributed by atoms with E-state index in [4.69, 9.17) is 9.84 Å². The molecule has 2 aromatic carbocycles. The molecule has 0 aliphatic carbocycles. The number of carbonyl (C=O) groups is 1. The summed E-state index contributed by atoms with van der Waals surface area (Å²) in [5.41, 5.74) is 2.11. The molecule has 0 aliphatic heterocycles. The van der Waals surface area contributed by atoms with Crippen LogP contribution in [0.4, 0.5) is 0 Å². The van der Waals surface area contributed by atoms with Gasteiger partial charge in [0.25, 0.3) is 0 Å². The molecule has 21 heavy (non-hydrogen) atoms. The number of carboxylic acid groups (broad SMARTS) is 1. The van der Waals surface area contributed by atoms with Gasteiger partial charge in [0.05, 0.1) is 0 Å². The smallest absolute Gasteiger partial charge is 0.320 e. The maximum absolute atomic E-state index is 10.8. The lowest BCUT2D eigenvalue weighted by Crippen LogP contribution is -2.33. The zero-order valence-electron chi connectivity index (χ0n) is 12.0. The molecule has 4 nitrogen and oxygen atoms in total. The van der Waals surface area contributed by atoms with E-state index in [1.54, 1.807) is 6.92 Å². The molecule has 1 atom stereocenters. The van der Waals surface area contributed by atoms with E-state index in [-0.39, 0.29) is 0 Å². The summed E-state index contributed by atoms with van der Waals surface area (Å²) in [4.78, 5) is 10.8. The van der Waals surface area contributed by atoms with Crippen LogP contribution in [-0.2, 0) is 17.9 Å². The summed E-state index contributed by atoms with van der Waals surface area (Å²) in [7, 11) is 0. The predicted molar refractivity (Wildman–Crippen MR) is 81.2 cm³/mol. The highest BCUT2D eigenvalue weighted by Crippen LogP contribution is 2.15. The van der Waals surface area contributed by atoms with Gasteiger partial charge in [0, 0.05) is 6.54 Å². The van der Waals surface area contributed by atoms with Crippen molar-refractivity contribution in [1.29, 1.82) is 0 Å². The number of aliphatic carboxylic acids is 1. The Morgan fingerprint density at radius 3 is 2.57 bits per heavy atom. The molecule has 0 unspecified atom stereocenters. The Bertz CT molecular complexity index is 584. The first-order valence-electron chi connectivity index (χ1n) is 6.87. The van der Waals surface area contributed by atoms with Gasteiger partial charge in [-0.25, -0.2) is 0 Å². The lowest BCUT2D eigenvalue weighted by Gasteiger charge is -2.11. The van der Waals surface area contributed by atoms with E-state index in [2.05, 4.69) is 5.32 Å². The van der Waals surface area contributed by atoms with Crippen LogP contribution in [-0.4, -0.2) is 17.1 Å². The van der Waals surface area contributed by atoms with Gasteiger partial charge < -0.3 is 15.2 Å². The summed E-state index contributed by atoms with van der Waals surface area (Å²) in [5.74, 6) is -0.0763. The Morgan fingerprint density at radius 2 is 1.86 bits per heavy atom. The Balaban J connectivity index is 1.90. The summed E-state index contributed by atoms with van der Waals surface area (Å²) in [6.07, 6.45) is 0. The number of ether oxygens (including phenoxy) is 1. The van der Waals surface area contributed by atoms with Gasteiger partial charge >= 0.3 is 5.97 Å². The van der Waals surface area contributed by atoms with Gasteiger partial charge in [0.1, 0.15) is 18.4 Å². The minimum Gasteiger partial charge on any atom is -0.489 e. The number of hydrogen-bond donors (Lipinski definition) is 2. The van der Waals surface area contributed by atoms with Crippen LogP contribution < -0.4 is 10.1 Å². The van der Waals surface area contributed by atoms with E-state index in [1.807, 2.05) is 54.6 Å². The Hall–Kier alpha value is -2.33. The number of benzene rings is 2. The topological polar surface area (TPSA) is 58.6 Å². The van der Waals surface area contributed by atoms with Gasteiger partial charge in [-0.05, 0) is 30.2 Å². The molecular formula is C17H19NO3. The van der Waals surface area contributed by atoms with Crippen LogP contribution in [0.15, 0.2) is 54.6 Å². The Kier molecular flexibility index (Phi) is 5.35. The minimum absolute atomic E-state index is 0.496. The number of carboxylic acids is 1. The molecule has 0 amide bonds. The SMILES string of the molecule is C[C@@H](NCc1cccc(OCc2ccccc2)c1)C(=O)O. The normalized spacial score (nSPS) is 11.9. The van der Waals surface area contributed by atoms with Crippen molar-refractivity contribution < 1.29 is 14.6 Å². The Morgan fingerprint density at radius 1 is 1.14 bits per heavy atom. The first-order chi connectivity index (χ1) is 10.1. The molecule has 0 aromatic heterocycles. The quantitative estimate of drug-likeness (QED) is 0.821. The van der Waals surface area contributed by atoms with Crippen molar-refractivity contribution in [3.8, 4) is 5.75 Å². The van der Waals surface area contributed by atoms with Gasteiger partial charge in [-0.15, -0.1) is 0 Å². The van der Waals surface area contributed by atoms with Crippen molar-refractivity contribution in [3.05, 3.63) is 65.7 Å². The van der Waals surface area contributed by atoms with Crippen molar-refractivity contribution in [1.82, 2.24) is 5.32 Å². The van der Waals surface area contributed by atoms with Crippen LogP contribution in [0.25, 0.3) is 0 Å². The largest absolute Gasteiger partial charge is 0.489 e. The summed E-state index contributed by atoms with van der Waals surface area (Å²) >= 11 is 0. The van der Waals surface area contributed by atoms with E-state index in [0.717, 1.165) is 16.9 Å². The second-order valence-corrected chi connectivity index (χ2v) is 4.86. The van der Waals surface area contributed by atoms with Crippen molar-refractivity contribution in [3.63, 3.8) is 0 Å². The molecule has 0 saturated carbocycles. The van der Waals surface area contributed by atoms with Gasteiger partial charge in [-0.1, -0.05) is 42.5 Å². The maximum atomic E-state index is 10.8. The summed E-state index contributed by atoms with van der Waals surface area (Å²) < 4.78 is 5.74. The first-order valence-corrected chi connectivity index (χ1v) is 6.87. The van der Waals surface area contributed by atoms with E-state index in [9.17, 15) is 4.79 Å². The zero-order chi connectivity index (χ0) is 15.1. The average Bonchev–Trinajstić information content (AvgIpc) is 2.52. The standard InChI is InChI=1S/C17H19NO3/c1-13(17(19)20)18-11-15-8-5-9-16(10-15)21-12-14-6-3-2-4-7-14/h2-10,13,18H,11-12H2,1H3,(H,19,20)/t13-/m1/s1. The van der Waals surface area contributed by atoms with Gasteiger partial charge in [-0.2, -0.15) is 0 Å². The van der Waals surface area contributed by atoms with Crippen molar-refractivity contribution in [2.45, 2.75) is 26.1 Å². The molecule has 0 saturated heterocycles. The summed E-state index contributed by atoms with van der Waals surface area (Å²) in [5, 5.41) is 11.8. The van der Waals surface area contributed by atoms with Crippen LogP contribution in [0.3, 0.4) is 0 Å². The molecule has 0 heterocycles. The van der Waals surface area contributed by atoms with Crippen LogP contribution in [0.1, 0.15) is 18.1 Å². The van der Waals surface area contributed by atoms with Gasteiger partial charge in [0.15, 0.2) is 0 Å². The molecule has 2 rings (SSSR count). The summed E-state index contributed by atoms with van der Waals surface area (Å²) in [6.45, 7) is 2.64. The second kappa shape index (κ2) is 7.45. The van der Waals surface area contributed by atoms with Crippen molar-refractivity contribution in [2.75, 3.05) is 0 Å². The molecule has 0 radical (unpaired) electrons. The summed E-state index contributed by atoms with van der Waals surface area (Å²) in [6, 6.07) is 17.0. The third-order valence-electron chi connectivity index (χ3n) is 3.13. The monoisotopic (exact) mass is 285 g/mol. The lowest BCUT2D eigenvalue weighted by atomic mass is 10.2. The Labute approximate surface area is 124 Å². The van der Waals surface area contributed by atoms with Crippen molar-refractivity contribution in [2.24, 2.45) is 0 Å². The third-order valence-corrected chi connectivity index (χ3v) is 3.13. The zero-order valence-corrected chi connectivity index (χ0v) is 12.0. The molecule has 0 bridgehead atoms. The molecule has 0 spiro atoms. The molecule has 110 valence electrons. The highest BCUT2D eigenvalue weighted by atomic mass is 16.5. The predicted octanol–water partition coefficient (Wildman–Crippen LogP) is 2.83. The highest BCUT2D eigenvalue weighted by molar-refractivity contribution is 5.72. The lowest BCUT2D eigenvalue weighted by molar-refractivity contribution is -0.139. The van der Waals surface area contributed by atoms with Crippen LogP contribution in [0.5, 0.6) is 5.75 Å². The molecule has 0 fully saturated rings. The van der Waals surface area contributed by atoms with Gasteiger partial charge in [-0.3, -0.25) is 4.79 Å². The third kappa shape index (κ3) is 4.93. The van der Waals surface area contributed by atoms with E-state index in [0.29, 0.717) is 13.2 Å². The fourth-order valence-electron chi connectivity index (χ4n) is 1.84. The minimum atomic E-state index is -0.855. The maximum Gasteiger partial charge on any atom is 0.320 e. The van der Waals surface area contributed by atoms with Crippen LogP contribution in [0, 0.1) is 0 Å². The number of rotatable bonds is 7. The van der Waals surface area contributed by atoms with Crippen molar-refractivity contribution >= 4 is 5.97 Å². The molecule has 2 N–H and O–H groups in total. The van der Waals surface area contributed by atoms with Crippen LogP contribution >= 0.6 is 0 Å². The molecular weight excluding hydrogens is 266 g/mol. The van der Waals surface area contributed by atoms with E-state index < -0.39 is 12.0 Å². The van der Waals surface area contributed by atoms with E-state index in [1.165, 1.54) is 0 Å². The highest BCUT2D eigenvalue weighted by Gasteiger charge is 2.09. The average molecular weight is 285 g/mol. The first kappa shape index (κ1) is 15.1. The molecule has 4 heteroatoms. The number of nitrogens with one attached hydrogen (secondary N) is 1.